The molecule has 86 valence electrons. The first-order valence-electron chi connectivity index (χ1n) is 5.63. The zero-order chi connectivity index (χ0) is 10.6. The molecule has 2 nitrogen and oxygen atoms in total. The SMILES string of the molecule is CNCCCCCCN(C)CCSC. The van der Waals surface area contributed by atoms with Gasteiger partial charge in [-0.3, -0.25) is 0 Å². The van der Waals surface area contributed by atoms with Crippen molar-refractivity contribution in [1.82, 2.24) is 10.2 Å². The van der Waals surface area contributed by atoms with E-state index in [0.717, 1.165) is 0 Å². The van der Waals surface area contributed by atoms with Crippen LogP contribution in [0.15, 0.2) is 0 Å². The van der Waals surface area contributed by atoms with E-state index in [-0.39, 0.29) is 0 Å². The Morgan fingerprint density at radius 1 is 1.07 bits per heavy atom. The number of nitrogens with one attached hydrogen (secondary N) is 1. The van der Waals surface area contributed by atoms with Crippen molar-refractivity contribution in [2.24, 2.45) is 0 Å². The average molecular weight is 218 g/mol. The Hall–Kier alpha value is 0.270. The highest BCUT2D eigenvalue weighted by atomic mass is 32.2. The summed E-state index contributed by atoms with van der Waals surface area (Å²) in [5, 5.41) is 3.18. The van der Waals surface area contributed by atoms with Crippen LogP contribution in [-0.2, 0) is 0 Å². The highest BCUT2D eigenvalue weighted by Gasteiger charge is 1.96. The maximum absolute atomic E-state index is 3.18. The van der Waals surface area contributed by atoms with Gasteiger partial charge in [-0.2, -0.15) is 11.8 Å². The van der Waals surface area contributed by atoms with Crippen molar-refractivity contribution < 1.29 is 0 Å². The molecule has 14 heavy (non-hydrogen) atoms. The Morgan fingerprint density at radius 3 is 2.43 bits per heavy atom. The van der Waals surface area contributed by atoms with E-state index in [0.29, 0.717) is 0 Å². The molecule has 0 fully saturated rings. The van der Waals surface area contributed by atoms with Crippen molar-refractivity contribution in [3.05, 3.63) is 0 Å². The lowest BCUT2D eigenvalue weighted by Gasteiger charge is -2.15. The van der Waals surface area contributed by atoms with E-state index in [1.165, 1.54) is 51.1 Å². The highest BCUT2D eigenvalue weighted by Crippen LogP contribution is 2.01. The molecule has 0 rings (SSSR count). The Labute approximate surface area is 93.8 Å². The molecule has 0 saturated heterocycles. The van der Waals surface area contributed by atoms with Crippen LogP contribution in [0.5, 0.6) is 0 Å². The molecule has 0 unspecified atom stereocenters. The van der Waals surface area contributed by atoms with E-state index in [2.05, 4.69) is 23.5 Å². The van der Waals surface area contributed by atoms with Gasteiger partial charge in [-0.1, -0.05) is 12.8 Å². The smallest absolute Gasteiger partial charge is 0.00692 e. The summed E-state index contributed by atoms with van der Waals surface area (Å²) in [5.41, 5.74) is 0. The molecule has 0 radical (unpaired) electrons. The second-order valence-corrected chi connectivity index (χ2v) is 4.80. The molecular weight excluding hydrogens is 192 g/mol. The minimum atomic E-state index is 1.17. The minimum absolute atomic E-state index is 1.17. The molecule has 0 saturated carbocycles. The third-order valence-corrected chi connectivity index (χ3v) is 2.98. The number of unbranched alkanes of at least 4 members (excludes halogenated alkanes) is 3. The van der Waals surface area contributed by atoms with Crippen LogP contribution in [0.25, 0.3) is 0 Å². The Morgan fingerprint density at radius 2 is 1.79 bits per heavy atom. The molecule has 0 aliphatic heterocycles. The van der Waals surface area contributed by atoms with Gasteiger partial charge in [-0.05, 0) is 46.3 Å². The lowest BCUT2D eigenvalue weighted by Crippen LogP contribution is -2.22. The summed E-state index contributed by atoms with van der Waals surface area (Å²) in [6, 6.07) is 0. The van der Waals surface area contributed by atoms with Crippen LogP contribution in [0.2, 0.25) is 0 Å². The Bertz CT molecular complexity index is 109. The van der Waals surface area contributed by atoms with E-state index in [1.807, 2.05) is 18.8 Å². The molecule has 0 atom stereocenters. The molecule has 1 N–H and O–H groups in total. The van der Waals surface area contributed by atoms with Gasteiger partial charge in [0.15, 0.2) is 0 Å². The first kappa shape index (κ1) is 14.3. The normalized spacial score (nSPS) is 11.1. The van der Waals surface area contributed by atoms with Gasteiger partial charge in [-0.25, -0.2) is 0 Å². The standard InChI is InChI=1S/C11H26N2S/c1-12-8-6-4-5-7-9-13(2)10-11-14-3/h12H,4-11H2,1-3H3. The number of hydrogen-bond donors (Lipinski definition) is 1. The first-order valence-corrected chi connectivity index (χ1v) is 7.02. The fourth-order valence-corrected chi connectivity index (χ4v) is 1.89. The zero-order valence-electron chi connectivity index (χ0n) is 10.0. The van der Waals surface area contributed by atoms with Gasteiger partial charge in [0.05, 0.1) is 0 Å². The molecule has 0 spiro atoms. The fourth-order valence-electron chi connectivity index (χ4n) is 1.40. The molecule has 0 aromatic rings. The lowest BCUT2D eigenvalue weighted by molar-refractivity contribution is 0.343. The second kappa shape index (κ2) is 11.3. The number of rotatable bonds is 10. The zero-order valence-corrected chi connectivity index (χ0v) is 10.8. The predicted octanol–water partition coefficient (Wildman–Crippen LogP) is 2.06. The van der Waals surface area contributed by atoms with Gasteiger partial charge in [-0.15, -0.1) is 0 Å². The maximum atomic E-state index is 3.18. The van der Waals surface area contributed by atoms with Gasteiger partial charge in [0.2, 0.25) is 0 Å². The maximum Gasteiger partial charge on any atom is 0.00692 e. The van der Waals surface area contributed by atoms with Crippen LogP contribution in [0.4, 0.5) is 0 Å². The highest BCUT2D eigenvalue weighted by molar-refractivity contribution is 7.98. The van der Waals surface area contributed by atoms with Crippen molar-refractivity contribution in [1.29, 1.82) is 0 Å². The quantitative estimate of drug-likeness (QED) is 0.565. The average Bonchev–Trinajstić information content (AvgIpc) is 2.20. The number of hydrogen-bond acceptors (Lipinski definition) is 3. The van der Waals surface area contributed by atoms with Crippen LogP contribution < -0.4 is 5.32 Å². The molecule has 0 amide bonds. The van der Waals surface area contributed by atoms with Gasteiger partial charge in [0.25, 0.3) is 0 Å². The third kappa shape index (κ3) is 10.4. The fraction of sp³-hybridized carbons (Fsp3) is 1.00. The molecule has 0 aliphatic rings. The largest absolute Gasteiger partial charge is 0.320 e. The number of nitrogens with zero attached hydrogens (tertiary/aromatic N) is 1. The number of thioether (sulfide) groups is 1. The molecule has 3 heteroatoms. The van der Waals surface area contributed by atoms with Crippen LogP contribution in [0.1, 0.15) is 25.7 Å². The van der Waals surface area contributed by atoms with Crippen LogP contribution in [0, 0.1) is 0 Å². The third-order valence-electron chi connectivity index (χ3n) is 2.39. The Balaban J connectivity index is 3.02. The van der Waals surface area contributed by atoms with Crippen LogP contribution in [0.3, 0.4) is 0 Å². The van der Waals surface area contributed by atoms with Crippen molar-refractivity contribution in [3.63, 3.8) is 0 Å². The Kier molecular flexibility index (Phi) is 11.6. The summed E-state index contributed by atoms with van der Waals surface area (Å²) in [6.07, 6.45) is 7.60. The first-order chi connectivity index (χ1) is 6.81. The molecule has 0 aliphatic carbocycles. The van der Waals surface area contributed by atoms with Crippen molar-refractivity contribution in [3.8, 4) is 0 Å². The minimum Gasteiger partial charge on any atom is -0.320 e. The van der Waals surface area contributed by atoms with Gasteiger partial charge < -0.3 is 10.2 Å². The molecule has 0 bridgehead atoms. The summed E-state index contributed by atoms with van der Waals surface area (Å²) in [5.74, 6) is 1.26. The summed E-state index contributed by atoms with van der Waals surface area (Å²) >= 11 is 1.93. The van der Waals surface area contributed by atoms with E-state index < -0.39 is 0 Å². The second-order valence-electron chi connectivity index (χ2n) is 3.81. The predicted molar refractivity (Wildman–Crippen MR) is 68.3 cm³/mol. The van der Waals surface area contributed by atoms with Crippen molar-refractivity contribution in [2.75, 3.05) is 45.7 Å². The van der Waals surface area contributed by atoms with Gasteiger partial charge in [0, 0.05) is 12.3 Å². The van der Waals surface area contributed by atoms with E-state index >= 15 is 0 Å². The van der Waals surface area contributed by atoms with Crippen LogP contribution >= 0.6 is 11.8 Å². The lowest BCUT2D eigenvalue weighted by atomic mass is 10.2. The summed E-state index contributed by atoms with van der Waals surface area (Å²) in [4.78, 5) is 2.44. The van der Waals surface area contributed by atoms with Crippen LogP contribution in [-0.4, -0.2) is 50.6 Å². The molecule has 0 aromatic heterocycles. The van der Waals surface area contributed by atoms with Crippen molar-refractivity contribution in [2.45, 2.75) is 25.7 Å². The van der Waals surface area contributed by atoms with Crippen molar-refractivity contribution >= 4 is 11.8 Å². The van der Waals surface area contributed by atoms with E-state index in [1.54, 1.807) is 0 Å². The van der Waals surface area contributed by atoms with E-state index in [9.17, 15) is 0 Å². The summed E-state index contributed by atoms with van der Waals surface area (Å²) in [6.45, 7) is 3.67. The molecular formula is C11H26N2S. The topological polar surface area (TPSA) is 15.3 Å². The van der Waals surface area contributed by atoms with Gasteiger partial charge in [0.1, 0.15) is 0 Å². The summed E-state index contributed by atoms with van der Waals surface area (Å²) < 4.78 is 0. The molecule has 0 aromatic carbocycles. The van der Waals surface area contributed by atoms with E-state index in [4.69, 9.17) is 0 Å². The summed E-state index contributed by atoms with van der Waals surface area (Å²) in [7, 11) is 4.25. The van der Waals surface area contributed by atoms with Gasteiger partial charge >= 0.3 is 0 Å². The monoisotopic (exact) mass is 218 g/mol. The molecule has 0 heterocycles.